The number of hydrogen-bond acceptors (Lipinski definition) is 4. The number of hydrogen-bond donors (Lipinski definition) is 1. The summed E-state index contributed by atoms with van der Waals surface area (Å²) in [5.41, 5.74) is 0. The van der Waals surface area contributed by atoms with Crippen molar-refractivity contribution in [1.82, 2.24) is 15.4 Å². The van der Waals surface area contributed by atoms with Crippen molar-refractivity contribution in [2.45, 2.75) is 0 Å². The van der Waals surface area contributed by atoms with Gasteiger partial charge in [-0.2, -0.15) is 0 Å². The fraction of sp³-hybridized carbons (Fsp3) is 0. The fourth-order valence-electron chi connectivity index (χ4n) is 0.167. The number of rotatable bonds is 1. The maximum atomic E-state index is 8.81. The van der Waals surface area contributed by atoms with Gasteiger partial charge in [0.2, 0.25) is 0 Å². The van der Waals surface area contributed by atoms with Crippen LogP contribution in [0.2, 0.25) is 0 Å². The van der Waals surface area contributed by atoms with Crippen LogP contribution in [0.25, 0.3) is 0 Å². The first kappa shape index (κ1) is 7.48. The van der Waals surface area contributed by atoms with Gasteiger partial charge in [0.25, 0.3) is 0 Å². The fourth-order valence-corrected chi connectivity index (χ4v) is 0.167. The average Bonchev–Trinajstić information content (AvgIpc) is 2.43. The molecule has 0 bridgehead atoms. The monoisotopic (exact) mass is 127 g/mol. The molecule has 0 unspecified atom stereocenters. The van der Waals surface area contributed by atoms with Crippen LogP contribution in [0.5, 0.6) is 0 Å². The zero-order chi connectivity index (χ0) is 6.95. The first-order valence-corrected chi connectivity index (χ1v) is 2.11. The first-order chi connectivity index (χ1) is 4.41. The summed E-state index contributed by atoms with van der Waals surface area (Å²) in [6.45, 7) is 0. The number of aromatic amines is 1. The summed E-state index contributed by atoms with van der Waals surface area (Å²) < 4.78 is 0. The molecule has 9 heavy (non-hydrogen) atoms. The molecule has 0 radical (unpaired) electrons. The quantitative estimate of drug-likeness (QED) is 0.395. The zero-order valence-corrected chi connectivity index (χ0v) is 4.52. The minimum Gasteiger partial charge on any atom is -0.295 e. The second kappa shape index (κ2) is 6.48. The van der Waals surface area contributed by atoms with Gasteiger partial charge in [-0.1, -0.05) is 5.21 Å². The van der Waals surface area contributed by atoms with Gasteiger partial charge in [-0.25, -0.2) is 0 Å². The van der Waals surface area contributed by atoms with Gasteiger partial charge in [0.05, 0.1) is 6.20 Å². The van der Waals surface area contributed by atoms with Crippen molar-refractivity contribution in [3.63, 3.8) is 0 Å². The Bertz CT molecular complexity index is 126. The van der Waals surface area contributed by atoms with E-state index in [2.05, 4.69) is 15.4 Å². The molecule has 1 N–H and O–H groups in total. The molecule has 1 rings (SSSR count). The first-order valence-electron chi connectivity index (χ1n) is 2.11. The highest BCUT2D eigenvalue weighted by Crippen LogP contribution is 1.55. The van der Waals surface area contributed by atoms with Gasteiger partial charge in [0, 0.05) is 6.20 Å². The maximum Gasteiger partial charge on any atom is 0.182 e. The number of H-pyrrole nitrogens is 1. The van der Waals surface area contributed by atoms with E-state index < -0.39 is 0 Å². The van der Waals surface area contributed by atoms with E-state index in [1.807, 2.05) is 0 Å². The van der Waals surface area contributed by atoms with Gasteiger partial charge in [0.1, 0.15) is 0 Å². The van der Waals surface area contributed by atoms with Crippen molar-refractivity contribution in [3.8, 4) is 0 Å². The normalized spacial score (nSPS) is 6.67. The molecule has 48 valence electrons. The Morgan fingerprint density at radius 3 is 2.11 bits per heavy atom. The molecule has 0 atom stereocenters. The molecular weight excluding hydrogens is 122 g/mol. The molecule has 0 aromatic carbocycles. The third-order valence-electron chi connectivity index (χ3n) is 0.387. The molecule has 5 heteroatoms. The predicted molar refractivity (Wildman–Crippen MR) is 28.5 cm³/mol. The predicted octanol–water partition coefficient (Wildman–Crippen LogP) is -0.811. The lowest BCUT2D eigenvalue weighted by Crippen LogP contribution is -1.62. The van der Waals surface area contributed by atoms with Crippen molar-refractivity contribution in [1.29, 1.82) is 0 Å². The zero-order valence-electron chi connectivity index (χ0n) is 4.52. The minimum absolute atomic E-state index is 0.194. The van der Waals surface area contributed by atoms with Gasteiger partial charge < -0.3 is 0 Å². The largest absolute Gasteiger partial charge is 0.295 e. The number of carbonyl (C=O) groups is 2. The second-order valence-electron chi connectivity index (χ2n) is 0.932. The molecule has 0 spiro atoms. The molecule has 0 amide bonds. The van der Waals surface area contributed by atoms with Gasteiger partial charge in [-0.05, 0) is 0 Å². The standard InChI is InChI=1S/C2H3N3.C2H2O2/c1-2-4-5-3-1;3-1-2-4/h1-2H,(H,3,4,5);1-2H. The van der Waals surface area contributed by atoms with E-state index in [-0.39, 0.29) is 12.6 Å². The van der Waals surface area contributed by atoms with Gasteiger partial charge in [0.15, 0.2) is 12.6 Å². The van der Waals surface area contributed by atoms with Crippen molar-refractivity contribution >= 4 is 12.6 Å². The molecule has 1 aromatic heterocycles. The summed E-state index contributed by atoms with van der Waals surface area (Å²) in [5.74, 6) is 0. The summed E-state index contributed by atoms with van der Waals surface area (Å²) in [7, 11) is 0. The SMILES string of the molecule is O=CC=O.c1c[nH]nn1. The summed E-state index contributed by atoms with van der Waals surface area (Å²) in [6, 6.07) is 0. The molecular formula is C4H5N3O2. The van der Waals surface area contributed by atoms with Crippen LogP contribution in [0.15, 0.2) is 12.4 Å². The lowest BCUT2D eigenvalue weighted by Gasteiger charge is -1.46. The van der Waals surface area contributed by atoms with Gasteiger partial charge in [-0.3, -0.25) is 14.7 Å². The molecule has 0 fully saturated rings. The van der Waals surface area contributed by atoms with E-state index in [0.717, 1.165) is 0 Å². The van der Waals surface area contributed by atoms with Crippen molar-refractivity contribution in [3.05, 3.63) is 12.4 Å². The number of nitrogens with zero attached hydrogens (tertiary/aromatic N) is 2. The summed E-state index contributed by atoms with van der Waals surface area (Å²) in [5, 5.41) is 9.26. The lowest BCUT2D eigenvalue weighted by molar-refractivity contribution is -0.122. The highest BCUT2D eigenvalue weighted by molar-refractivity contribution is 6.09. The van der Waals surface area contributed by atoms with E-state index in [4.69, 9.17) is 9.59 Å². The molecule has 0 aliphatic heterocycles. The Morgan fingerprint density at radius 2 is 2.00 bits per heavy atom. The molecule has 1 aromatic rings. The van der Waals surface area contributed by atoms with E-state index in [1.54, 1.807) is 12.4 Å². The highest BCUT2D eigenvalue weighted by Gasteiger charge is 1.57. The Hall–Kier alpha value is -1.52. The number of aromatic nitrogens is 3. The van der Waals surface area contributed by atoms with Crippen LogP contribution in [0.4, 0.5) is 0 Å². The smallest absolute Gasteiger partial charge is 0.182 e. The number of nitrogens with one attached hydrogen (secondary N) is 1. The van der Waals surface area contributed by atoms with Crippen LogP contribution < -0.4 is 0 Å². The Labute approximate surface area is 51.1 Å². The Morgan fingerprint density at radius 1 is 1.33 bits per heavy atom. The van der Waals surface area contributed by atoms with Crippen LogP contribution in [-0.2, 0) is 9.59 Å². The number of carbonyl (C=O) groups excluding carboxylic acids is 2. The topological polar surface area (TPSA) is 75.7 Å². The average molecular weight is 127 g/mol. The van der Waals surface area contributed by atoms with E-state index in [1.165, 1.54) is 0 Å². The van der Waals surface area contributed by atoms with Crippen molar-refractivity contribution < 1.29 is 9.59 Å². The van der Waals surface area contributed by atoms with Crippen LogP contribution in [0, 0.1) is 0 Å². The minimum atomic E-state index is 0.194. The molecule has 5 nitrogen and oxygen atoms in total. The summed E-state index contributed by atoms with van der Waals surface area (Å²) in [4.78, 5) is 17.6. The molecule has 0 aliphatic rings. The van der Waals surface area contributed by atoms with E-state index in [9.17, 15) is 0 Å². The second-order valence-corrected chi connectivity index (χ2v) is 0.932. The van der Waals surface area contributed by atoms with Crippen LogP contribution >= 0.6 is 0 Å². The highest BCUT2D eigenvalue weighted by atomic mass is 16.2. The maximum absolute atomic E-state index is 8.81. The van der Waals surface area contributed by atoms with Crippen molar-refractivity contribution in [2.75, 3.05) is 0 Å². The molecule has 1 heterocycles. The van der Waals surface area contributed by atoms with Crippen LogP contribution in [-0.4, -0.2) is 28.0 Å². The molecule has 0 aliphatic carbocycles. The molecule has 0 saturated carbocycles. The number of aldehydes is 2. The van der Waals surface area contributed by atoms with E-state index >= 15 is 0 Å². The summed E-state index contributed by atoms with van der Waals surface area (Å²) in [6.07, 6.45) is 3.62. The Balaban J connectivity index is 0.000000148. The third kappa shape index (κ3) is 6.48. The molecule has 0 saturated heterocycles. The van der Waals surface area contributed by atoms with E-state index in [0.29, 0.717) is 0 Å². The van der Waals surface area contributed by atoms with Gasteiger partial charge >= 0.3 is 0 Å². The third-order valence-corrected chi connectivity index (χ3v) is 0.387. The summed E-state index contributed by atoms with van der Waals surface area (Å²) >= 11 is 0. The van der Waals surface area contributed by atoms with Crippen LogP contribution in [0.3, 0.4) is 0 Å². The Kier molecular flexibility index (Phi) is 5.39. The van der Waals surface area contributed by atoms with Crippen molar-refractivity contribution in [2.24, 2.45) is 0 Å². The van der Waals surface area contributed by atoms with Crippen LogP contribution in [0.1, 0.15) is 0 Å². The lowest BCUT2D eigenvalue weighted by atomic mass is 10.9. The van der Waals surface area contributed by atoms with Gasteiger partial charge in [-0.15, -0.1) is 5.10 Å².